The summed E-state index contributed by atoms with van der Waals surface area (Å²) in [5.41, 5.74) is -0.607. The summed E-state index contributed by atoms with van der Waals surface area (Å²) in [6, 6.07) is -0.760. The van der Waals surface area contributed by atoms with Crippen LogP contribution in [0.15, 0.2) is 23.2 Å². The average Bonchev–Trinajstić information content (AvgIpc) is 2.17. The third kappa shape index (κ3) is 2.30. The molecular weight excluding hydrogens is 208 g/mol. The first-order valence-electron chi connectivity index (χ1n) is 3.85. The molecule has 15 heavy (non-hydrogen) atoms. The summed E-state index contributed by atoms with van der Waals surface area (Å²) in [7, 11) is 1.29. The molecule has 0 aliphatic carbocycles. The lowest BCUT2D eigenvalue weighted by molar-refractivity contribution is 0.00591. The number of hydrogen-bond acceptors (Lipinski definition) is 4. The Hall–Kier alpha value is -1.94. The third-order valence-corrected chi connectivity index (χ3v) is 1.71. The Kier molecular flexibility index (Phi) is 3.01. The molecule has 0 heterocycles. The summed E-state index contributed by atoms with van der Waals surface area (Å²) >= 11 is 0. The number of aliphatic imine (C=N–C) groups is 1. The first kappa shape index (κ1) is 11.1. The molecule has 80 valence electrons. The number of nitrogens with zero attached hydrogens (tertiary/aromatic N) is 1. The number of aromatic hydroxyl groups is 1. The summed E-state index contributed by atoms with van der Waals surface area (Å²) in [4.78, 5) is 12.1. The van der Waals surface area contributed by atoms with Crippen LogP contribution in [-0.2, 0) is 10.8 Å². The number of isocyanates is 1. The Balaban J connectivity index is 3.17. The van der Waals surface area contributed by atoms with E-state index in [1.165, 1.54) is 7.11 Å². The number of halogens is 2. The van der Waals surface area contributed by atoms with Gasteiger partial charge < -0.3 is 9.84 Å². The van der Waals surface area contributed by atoms with Crippen molar-refractivity contribution in [1.82, 2.24) is 0 Å². The normalized spacial score (nSPS) is 10.6. The fraction of sp³-hybridized carbons (Fsp3) is 0.222. The molecular formula is C9H7F2NO3. The molecule has 1 rings (SSSR count). The molecule has 0 aliphatic rings. The van der Waals surface area contributed by atoms with Gasteiger partial charge in [0.25, 0.3) is 0 Å². The van der Waals surface area contributed by atoms with Crippen LogP contribution in [0.3, 0.4) is 0 Å². The standard InChI is InChI=1S/C9H7F2NO3/c1-15-8-3-2-6(4-7(8)14)9(10,11)12-5-13/h2-4,14H,1H3. The van der Waals surface area contributed by atoms with E-state index in [4.69, 9.17) is 0 Å². The number of carbonyl (C=O) groups excluding carboxylic acids is 1. The highest BCUT2D eigenvalue weighted by Crippen LogP contribution is 2.35. The zero-order chi connectivity index (χ0) is 11.5. The van der Waals surface area contributed by atoms with Crippen molar-refractivity contribution in [2.75, 3.05) is 7.11 Å². The van der Waals surface area contributed by atoms with Crippen molar-refractivity contribution in [3.05, 3.63) is 23.8 Å². The van der Waals surface area contributed by atoms with E-state index in [0.29, 0.717) is 0 Å². The summed E-state index contributed by atoms with van der Waals surface area (Å²) in [5.74, 6) is -0.389. The topological polar surface area (TPSA) is 58.9 Å². The highest BCUT2D eigenvalue weighted by Gasteiger charge is 2.31. The summed E-state index contributed by atoms with van der Waals surface area (Å²) < 4.78 is 30.7. The monoisotopic (exact) mass is 215 g/mol. The van der Waals surface area contributed by atoms with Gasteiger partial charge in [-0.1, -0.05) is 0 Å². The van der Waals surface area contributed by atoms with Crippen molar-refractivity contribution in [2.24, 2.45) is 4.99 Å². The zero-order valence-corrected chi connectivity index (χ0v) is 7.70. The van der Waals surface area contributed by atoms with Crippen molar-refractivity contribution in [3.8, 4) is 11.5 Å². The highest BCUT2D eigenvalue weighted by atomic mass is 19.3. The van der Waals surface area contributed by atoms with E-state index in [0.717, 1.165) is 24.3 Å². The van der Waals surface area contributed by atoms with Crippen LogP contribution in [0.5, 0.6) is 11.5 Å². The van der Waals surface area contributed by atoms with E-state index in [9.17, 15) is 18.7 Å². The molecule has 0 atom stereocenters. The predicted octanol–water partition coefficient (Wildman–Crippen LogP) is 1.79. The maximum absolute atomic E-state index is 13.0. The maximum Gasteiger partial charge on any atom is 0.379 e. The van der Waals surface area contributed by atoms with Gasteiger partial charge >= 0.3 is 6.05 Å². The fourth-order valence-electron chi connectivity index (χ4n) is 0.999. The fourth-order valence-corrected chi connectivity index (χ4v) is 0.999. The largest absolute Gasteiger partial charge is 0.504 e. The minimum absolute atomic E-state index is 0.0598. The Labute approximate surface area is 83.8 Å². The molecule has 1 aromatic rings. The lowest BCUT2D eigenvalue weighted by atomic mass is 10.1. The maximum atomic E-state index is 13.0. The minimum atomic E-state index is -3.69. The minimum Gasteiger partial charge on any atom is -0.504 e. The van der Waals surface area contributed by atoms with E-state index in [2.05, 4.69) is 9.73 Å². The number of methoxy groups -OCH3 is 1. The number of phenols is 1. The van der Waals surface area contributed by atoms with Crippen molar-refractivity contribution in [1.29, 1.82) is 0 Å². The van der Waals surface area contributed by atoms with Crippen LogP contribution >= 0.6 is 0 Å². The van der Waals surface area contributed by atoms with Crippen molar-refractivity contribution in [2.45, 2.75) is 6.05 Å². The second-order valence-electron chi connectivity index (χ2n) is 2.63. The van der Waals surface area contributed by atoms with Crippen molar-refractivity contribution in [3.63, 3.8) is 0 Å². The molecule has 0 saturated heterocycles. The van der Waals surface area contributed by atoms with Crippen LogP contribution in [0.2, 0.25) is 0 Å². The summed E-state index contributed by atoms with van der Waals surface area (Å²) in [6.07, 6.45) is 0.767. The molecule has 0 spiro atoms. The average molecular weight is 215 g/mol. The number of ether oxygens (including phenoxy) is 1. The smallest absolute Gasteiger partial charge is 0.379 e. The molecule has 0 bridgehead atoms. The van der Waals surface area contributed by atoms with Gasteiger partial charge in [-0.2, -0.15) is 8.78 Å². The number of hydrogen-bond donors (Lipinski definition) is 1. The molecule has 4 nitrogen and oxygen atoms in total. The van der Waals surface area contributed by atoms with Crippen LogP contribution in [0.4, 0.5) is 8.78 Å². The molecule has 0 aliphatic heterocycles. The number of benzene rings is 1. The lowest BCUT2D eigenvalue weighted by Crippen LogP contribution is -2.09. The van der Waals surface area contributed by atoms with Gasteiger partial charge in [0.05, 0.1) is 7.11 Å². The first-order chi connectivity index (χ1) is 7.01. The summed E-state index contributed by atoms with van der Waals surface area (Å²) in [6.45, 7) is 0. The first-order valence-corrected chi connectivity index (χ1v) is 3.85. The van der Waals surface area contributed by atoms with Gasteiger partial charge in [0.2, 0.25) is 6.08 Å². The van der Waals surface area contributed by atoms with E-state index in [-0.39, 0.29) is 5.75 Å². The molecule has 1 aromatic carbocycles. The van der Waals surface area contributed by atoms with Crippen LogP contribution < -0.4 is 4.74 Å². The van der Waals surface area contributed by atoms with Crippen molar-refractivity contribution < 1.29 is 23.4 Å². The van der Waals surface area contributed by atoms with Gasteiger partial charge in [-0.05, 0) is 18.2 Å². The molecule has 0 saturated carbocycles. The quantitative estimate of drug-likeness (QED) is 0.475. The molecule has 0 amide bonds. The molecule has 0 fully saturated rings. The Bertz CT molecular complexity index is 414. The molecule has 1 N–H and O–H groups in total. The van der Waals surface area contributed by atoms with Gasteiger partial charge in [0.1, 0.15) is 0 Å². The van der Waals surface area contributed by atoms with E-state index < -0.39 is 17.4 Å². The number of phenolic OH excluding ortho intramolecular Hbond substituents is 1. The molecule has 0 radical (unpaired) electrons. The van der Waals surface area contributed by atoms with Crippen LogP contribution in [-0.4, -0.2) is 18.3 Å². The van der Waals surface area contributed by atoms with Crippen molar-refractivity contribution >= 4 is 6.08 Å². The Morgan fingerprint density at radius 3 is 2.67 bits per heavy atom. The molecule has 0 unspecified atom stereocenters. The number of alkyl halides is 2. The third-order valence-electron chi connectivity index (χ3n) is 1.71. The SMILES string of the molecule is COc1ccc(C(F)(F)N=C=O)cc1O. The van der Waals surface area contributed by atoms with Gasteiger partial charge in [-0.3, -0.25) is 0 Å². The van der Waals surface area contributed by atoms with E-state index >= 15 is 0 Å². The number of rotatable bonds is 3. The Morgan fingerprint density at radius 1 is 1.53 bits per heavy atom. The van der Waals surface area contributed by atoms with E-state index in [1.54, 1.807) is 0 Å². The van der Waals surface area contributed by atoms with Crippen LogP contribution in [0.1, 0.15) is 5.56 Å². The molecule has 0 aromatic heterocycles. The second-order valence-corrected chi connectivity index (χ2v) is 2.63. The summed E-state index contributed by atoms with van der Waals surface area (Å²) in [5, 5.41) is 9.22. The van der Waals surface area contributed by atoms with E-state index in [1.807, 2.05) is 0 Å². The highest BCUT2D eigenvalue weighted by molar-refractivity contribution is 5.44. The zero-order valence-electron chi connectivity index (χ0n) is 7.70. The van der Waals surface area contributed by atoms with Crippen LogP contribution in [0, 0.1) is 0 Å². The van der Waals surface area contributed by atoms with Gasteiger partial charge in [-0.15, -0.1) is 4.99 Å². The van der Waals surface area contributed by atoms with Gasteiger partial charge in [0.15, 0.2) is 11.5 Å². The van der Waals surface area contributed by atoms with Crippen LogP contribution in [0.25, 0.3) is 0 Å². The van der Waals surface area contributed by atoms with Gasteiger partial charge in [-0.25, -0.2) is 4.79 Å². The second kappa shape index (κ2) is 4.06. The predicted molar refractivity (Wildman–Crippen MR) is 46.7 cm³/mol. The molecule has 6 heteroatoms. The lowest BCUT2D eigenvalue weighted by Gasteiger charge is -2.10. The Morgan fingerprint density at radius 2 is 2.20 bits per heavy atom. The van der Waals surface area contributed by atoms with Gasteiger partial charge in [0, 0.05) is 5.56 Å².